The van der Waals surface area contributed by atoms with Gasteiger partial charge in [-0.05, 0) is 36.0 Å². The molecule has 1 aromatic heterocycles. The topological polar surface area (TPSA) is 23.5 Å². The molecule has 0 aromatic carbocycles. The number of hydrogen-bond acceptors (Lipinski definition) is 3. The van der Waals surface area contributed by atoms with Crippen molar-refractivity contribution in [2.75, 3.05) is 13.6 Å². The normalized spacial score (nSPS) is 13.6. The lowest BCUT2D eigenvalue weighted by Gasteiger charge is -2.16. The third-order valence-corrected chi connectivity index (χ3v) is 3.31. The Balaban J connectivity index is 2.40. The predicted molar refractivity (Wildman–Crippen MR) is 60.0 cm³/mol. The first-order valence-electron chi connectivity index (χ1n) is 4.17. The van der Waals surface area contributed by atoms with Gasteiger partial charge in [-0.2, -0.15) is 0 Å². The number of rotatable bonds is 4. The summed E-state index contributed by atoms with van der Waals surface area (Å²) in [5.74, 6) is 0. The standard InChI is InChI=1S/C9H14BrNOS/c1-7(12)4-11(2)5-9-3-8(10)6-13-9/h3,6-7,12H,4-5H2,1-2H3/t7-/m0/s1. The van der Waals surface area contributed by atoms with Crippen LogP contribution in [-0.2, 0) is 6.54 Å². The van der Waals surface area contributed by atoms with Gasteiger partial charge < -0.3 is 5.11 Å². The van der Waals surface area contributed by atoms with E-state index in [1.807, 2.05) is 7.05 Å². The molecule has 0 unspecified atom stereocenters. The van der Waals surface area contributed by atoms with Crippen molar-refractivity contribution in [2.24, 2.45) is 0 Å². The third-order valence-electron chi connectivity index (χ3n) is 1.62. The lowest BCUT2D eigenvalue weighted by Crippen LogP contribution is -2.26. The van der Waals surface area contributed by atoms with E-state index in [9.17, 15) is 0 Å². The van der Waals surface area contributed by atoms with Crippen molar-refractivity contribution in [3.8, 4) is 0 Å². The van der Waals surface area contributed by atoms with E-state index >= 15 is 0 Å². The molecule has 2 nitrogen and oxygen atoms in total. The smallest absolute Gasteiger partial charge is 0.0639 e. The zero-order valence-corrected chi connectivity index (χ0v) is 10.2. The predicted octanol–water partition coefficient (Wildman–Crippen LogP) is 2.32. The molecule has 0 saturated carbocycles. The first-order chi connectivity index (χ1) is 6.08. The quantitative estimate of drug-likeness (QED) is 0.902. The number of likely N-dealkylation sites (N-methyl/N-ethyl adjacent to an activating group) is 1. The lowest BCUT2D eigenvalue weighted by atomic mass is 10.3. The monoisotopic (exact) mass is 263 g/mol. The summed E-state index contributed by atoms with van der Waals surface area (Å²) in [4.78, 5) is 3.43. The molecule has 74 valence electrons. The number of hydrogen-bond donors (Lipinski definition) is 1. The van der Waals surface area contributed by atoms with Crippen molar-refractivity contribution in [3.63, 3.8) is 0 Å². The highest BCUT2D eigenvalue weighted by Crippen LogP contribution is 2.20. The van der Waals surface area contributed by atoms with Crippen LogP contribution in [0.5, 0.6) is 0 Å². The van der Waals surface area contributed by atoms with Gasteiger partial charge in [-0.15, -0.1) is 11.3 Å². The van der Waals surface area contributed by atoms with Crippen molar-refractivity contribution in [3.05, 3.63) is 20.8 Å². The summed E-state index contributed by atoms with van der Waals surface area (Å²) in [5, 5.41) is 11.2. The highest BCUT2D eigenvalue weighted by Gasteiger charge is 2.05. The molecule has 1 rings (SSSR count). The summed E-state index contributed by atoms with van der Waals surface area (Å²) in [6.45, 7) is 3.43. The molecule has 1 atom stereocenters. The SMILES string of the molecule is C[C@H](O)CN(C)Cc1cc(Br)cs1. The van der Waals surface area contributed by atoms with Crippen molar-refractivity contribution < 1.29 is 5.11 Å². The van der Waals surface area contributed by atoms with Gasteiger partial charge in [-0.3, -0.25) is 4.90 Å². The van der Waals surface area contributed by atoms with Crippen LogP contribution in [0.3, 0.4) is 0 Å². The highest BCUT2D eigenvalue weighted by molar-refractivity contribution is 9.10. The fourth-order valence-electron chi connectivity index (χ4n) is 1.22. The minimum atomic E-state index is -0.256. The molecule has 0 aliphatic heterocycles. The minimum absolute atomic E-state index is 0.256. The second-order valence-electron chi connectivity index (χ2n) is 3.28. The largest absolute Gasteiger partial charge is 0.392 e. The Morgan fingerprint density at radius 3 is 2.85 bits per heavy atom. The molecule has 1 aromatic rings. The summed E-state index contributed by atoms with van der Waals surface area (Å²) in [5.41, 5.74) is 0. The van der Waals surface area contributed by atoms with Crippen LogP contribution in [0, 0.1) is 0 Å². The molecule has 0 spiro atoms. The Hall–Kier alpha value is 0.1000. The summed E-state index contributed by atoms with van der Waals surface area (Å²) >= 11 is 5.15. The molecule has 0 aliphatic carbocycles. The van der Waals surface area contributed by atoms with Crippen LogP contribution in [0.2, 0.25) is 0 Å². The maximum Gasteiger partial charge on any atom is 0.0639 e. The van der Waals surface area contributed by atoms with Crippen molar-refractivity contribution in [1.82, 2.24) is 4.90 Å². The molecule has 0 radical (unpaired) electrons. The molecule has 0 bridgehead atoms. The van der Waals surface area contributed by atoms with Crippen LogP contribution in [0.1, 0.15) is 11.8 Å². The van der Waals surface area contributed by atoms with Crippen molar-refractivity contribution in [1.29, 1.82) is 0 Å². The van der Waals surface area contributed by atoms with Gasteiger partial charge in [0.05, 0.1) is 6.10 Å². The number of thiophene rings is 1. The van der Waals surface area contributed by atoms with E-state index in [1.54, 1.807) is 18.3 Å². The second kappa shape index (κ2) is 5.10. The van der Waals surface area contributed by atoms with Crippen LogP contribution >= 0.6 is 27.3 Å². The molecule has 4 heteroatoms. The molecule has 0 aliphatic rings. The number of aliphatic hydroxyl groups excluding tert-OH is 1. The Bertz CT molecular complexity index is 262. The average molecular weight is 264 g/mol. The van der Waals surface area contributed by atoms with Crippen LogP contribution in [-0.4, -0.2) is 29.7 Å². The van der Waals surface area contributed by atoms with E-state index in [0.29, 0.717) is 0 Å². The van der Waals surface area contributed by atoms with E-state index in [0.717, 1.165) is 17.6 Å². The summed E-state index contributed by atoms with van der Waals surface area (Å²) in [7, 11) is 2.01. The first kappa shape index (κ1) is 11.2. The van der Waals surface area contributed by atoms with Gasteiger partial charge in [0.1, 0.15) is 0 Å². The van der Waals surface area contributed by atoms with Gasteiger partial charge in [-0.1, -0.05) is 0 Å². The minimum Gasteiger partial charge on any atom is -0.392 e. The van der Waals surface area contributed by atoms with Gasteiger partial charge in [0.15, 0.2) is 0 Å². The Morgan fingerprint density at radius 2 is 2.38 bits per heavy atom. The summed E-state index contributed by atoms with van der Waals surface area (Å²) in [6, 6.07) is 2.11. The Labute approximate surface area is 91.3 Å². The zero-order valence-electron chi connectivity index (χ0n) is 7.83. The van der Waals surface area contributed by atoms with Crippen molar-refractivity contribution in [2.45, 2.75) is 19.6 Å². The van der Waals surface area contributed by atoms with E-state index < -0.39 is 0 Å². The molecular weight excluding hydrogens is 250 g/mol. The molecular formula is C9H14BrNOS. The van der Waals surface area contributed by atoms with Gasteiger partial charge in [0.2, 0.25) is 0 Å². The fourth-order valence-corrected chi connectivity index (χ4v) is 2.75. The molecule has 0 amide bonds. The van der Waals surface area contributed by atoms with E-state index in [1.165, 1.54) is 4.88 Å². The number of aliphatic hydroxyl groups is 1. The molecule has 0 saturated heterocycles. The van der Waals surface area contributed by atoms with Gasteiger partial charge >= 0.3 is 0 Å². The Morgan fingerprint density at radius 1 is 1.69 bits per heavy atom. The van der Waals surface area contributed by atoms with Crippen LogP contribution in [0.15, 0.2) is 15.9 Å². The maximum absolute atomic E-state index is 9.16. The van der Waals surface area contributed by atoms with E-state index in [-0.39, 0.29) is 6.10 Å². The summed E-state index contributed by atoms with van der Waals surface area (Å²) in [6.07, 6.45) is -0.256. The van der Waals surface area contributed by atoms with Gasteiger partial charge in [0, 0.05) is 27.8 Å². The highest BCUT2D eigenvalue weighted by atomic mass is 79.9. The van der Waals surface area contributed by atoms with Crippen LogP contribution in [0.4, 0.5) is 0 Å². The average Bonchev–Trinajstić information content (AvgIpc) is 2.33. The van der Waals surface area contributed by atoms with E-state index in [4.69, 9.17) is 5.11 Å². The molecule has 0 fully saturated rings. The van der Waals surface area contributed by atoms with Gasteiger partial charge in [0.25, 0.3) is 0 Å². The van der Waals surface area contributed by atoms with Crippen molar-refractivity contribution >= 4 is 27.3 Å². The maximum atomic E-state index is 9.16. The number of halogens is 1. The van der Waals surface area contributed by atoms with Gasteiger partial charge in [-0.25, -0.2) is 0 Å². The zero-order chi connectivity index (χ0) is 9.84. The first-order valence-corrected chi connectivity index (χ1v) is 5.84. The summed E-state index contributed by atoms with van der Waals surface area (Å²) < 4.78 is 1.14. The van der Waals surface area contributed by atoms with Crippen LogP contribution in [0.25, 0.3) is 0 Å². The number of nitrogens with zero attached hydrogens (tertiary/aromatic N) is 1. The molecule has 1 heterocycles. The second-order valence-corrected chi connectivity index (χ2v) is 5.19. The van der Waals surface area contributed by atoms with E-state index in [2.05, 4.69) is 32.3 Å². The molecule has 13 heavy (non-hydrogen) atoms. The lowest BCUT2D eigenvalue weighted by molar-refractivity contribution is 0.139. The Kier molecular flexibility index (Phi) is 4.38. The fraction of sp³-hybridized carbons (Fsp3) is 0.556. The van der Waals surface area contributed by atoms with Crippen LogP contribution < -0.4 is 0 Å². The molecule has 1 N–H and O–H groups in total. The third kappa shape index (κ3) is 4.22.